The zero-order valence-corrected chi connectivity index (χ0v) is 10.1. The van der Waals surface area contributed by atoms with Crippen molar-refractivity contribution in [2.24, 2.45) is 0 Å². The minimum atomic E-state index is -3.87. The van der Waals surface area contributed by atoms with Crippen molar-refractivity contribution in [2.45, 2.75) is 18.1 Å². The van der Waals surface area contributed by atoms with Gasteiger partial charge in [-0.05, 0) is 6.92 Å². The lowest BCUT2D eigenvalue weighted by Crippen LogP contribution is -2.47. The van der Waals surface area contributed by atoms with Gasteiger partial charge in [-0.3, -0.25) is 18.0 Å². The van der Waals surface area contributed by atoms with Crippen LogP contribution in [0.3, 0.4) is 0 Å². The molecule has 0 saturated heterocycles. The van der Waals surface area contributed by atoms with Gasteiger partial charge >= 0.3 is 0 Å². The first kappa shape index (κ1) is 12.0. The molecule has 5 heteroatoms. The lowest BCUT2D eigenvalue weighted by Gasteiger charge is -2.33. The van der Waals surface area contributed by atoms with Crippen molar-refractivity contribution >= 4 is 21.4 Å². The highest BCUT2D eigenvalue weighted by atomic mass is 32.2. The highest BCUT2D eigenvalue weighted by molar-refractivity contribution is 7.94. The number of fused-ring (bicyclic) bond motifs is 1. The molecule has 90 valence electrons. The summed E-state index contributed by atoms with van der Waals surface area (Å²) in [7, 11) is -3.87. The van der Waals surface area contributed by atoms with Crippen LogP contribution in [0.4, 0.5) is 0 Å². The van der Waals surface area contributed by atoms with E-state index in [0.29, 0.717) is 5.56 Å². The van der Waals surface area contributed by atoms with Crippen LogP contribution in [0.1, 0.15) is 34.1 Å². The summed E-state index contributed by atoms with van der Waals surface area (Å²) in [6.07, 6.45) is 2.68. The van der Waals surface area contributed by atoms with Crippen LogP contribution in [0, 0.1) is 6.26 Å². The normalized spacial score (nSPS) is 24.6. The molecule has 0 radical (unpaired) electrons. The number of Topliss-reactive ketones (excluding diaryl/α,β-unsaturated/α-hetero) is 2. The van der Waals surface area contributed by atoms with Gasteiger partial charge in [-0.2, -0.15) is 0 Å². The van der Waals surface area contributed by atoms with Crippen molar-refractivity contribution in [2.75, 3.05) is 0 Å². The Kier molecular flexibility index (Phi) is 2.47. The molecule has 1 atom stereocenters. The molecule has 4 nitrogen and oxygen atoms in total. The summed E-state index contributed by atoms with van der Waals surface area (Å²) in [6, 6.07) is 6.25. The molecule has 0 saturated carbocycles. The van der Waals surface area contributed by atoms with Gasteiger partial charge < -0.3 is 0 Å². The summed E-state index contributed by atoms with van der Waals surface area (Å²) in [5, 5.41) is 0. The van der Waals surface area contributed by atoms with Gasteiger partial charge in [0.05, 0.1) is 0 Å². The Labute approximate surface area is 99.6 Å². The predicted molar refractivity (Wildman–Crippen MR) is 62.4 cm³/mol. The van der Waals surface area contributed by atoms with Crippen molar-refractivity contribution < 1.29 is 18.0 Å². The van der Waals surface area contributed by atoms with Gasteiger partial charge in [0.2, 0.25) is 0 Å². The first-order chi connectivity index (χ1) is 7.77. The van der Waals surface area contributed by atoms with Gasteiger partial charge in [-0.25, -0.2) is 6.26 Å². The number of sulfone groups is 1. The fourth-order valence-electron chi connectivity index (χ4n) is 1.94. The van der Waals surface area contributed by atoms with Crippen LogP contribution in [0.25, 0.3) is 0 Å². The van der Waals surface area contributed by atoms with Gasteiger partial charge in [-0.15, -0.1) is 0 Å². The largest absolute Gasteiger partial charge is 0.294 e. The summed E-state index contributed by atoms with van der Waals surface area (Å²) in [5.74, 6) is -0.891. The molecule has 0 aromatic heterocycles. The first-order valence-corrected chi connectivity index (χ1v) is 6.67. The molecule has 0 heterocycles. The van der Waals surface area contributed by atoms with Crippen LogP contribution in [-0.2, 0) is 9.84 Å². The molecule has 1 unspecified atom stereocenters. The topological polar surface area (TPSA) is 68.3 Å². The second-order valence-corrected chi connectivity index (χ2v) is 6.45. The van der Waals surface area contributed by atoms with Crippen molar-refractivity contribution in [3.63, 3.8) is 0 Å². The SMILES string of the molecule is [CH2-]S(=O)(=O)C1(C)CC(=O)c2ccccc2C1=O. The summed E-state index contributed by atoms with van der Waals surface area (Å²) in [5.41, 5.74) is 0.456. The Morgan fingerprint density at radius 3 is 2.24 bits per heavy atom. The highest BCUT2D eigenvalue weighted by Gasteiger charge is 2.46. The van der Waals surface area contributed by atoms with Crippen LogP contribution in [0.15, 0.2) is 24.3 Å². The van der Waals surface area contributed by atoms with E-state index < -0.39 is 20.4 Å². The molecule has 17 heavy (non-hydrogen) atoms. The quantitative estimate of drug-likeness (QED) is 0.708. The van der Waals surface area contributed by atoms with Gasteiger partial charge in [0.1, 0.15) is 4.75 Å². The number of hydrogen-bond acceptors (Lipinski definition) is 4. The van der Waals surface area contributed by atoms with Crippen molar-refractivity contribution in [1.82, 2.24) is 0 Å². The average molecular weight is 251 g/mol. The molecule has 0 bridgehead atoms. The predicted octanol–water partition coefficient (Wildman–Crippen LogP) is 1.42. The third kappa shape index (κ3) is 1.61. The number of benzene rings is 1. The molecule has 0 N–H and O–H groups in total. The molecule has 0 aliphatic heterocycles. The molecule has 1 aliphatic rings. The minimum Gasteiger partial charge on any atom is -0.294 e. The molecular weight excluding hydrogens is 240 g/mol. The van der Waals surface area contributed by atoms with Crippen LogP contribution < -0.4 is 0 Å². The number of ketones is 2. The zero-order valence-electron chi connectivity index (χ0n) is 9.26. The maximum absolute atomic E-state index is 12.2. The van der Waals surface area contributed by atoms with Crippen LogP contribution >= 0.6 is 0 Å². The van der Waals surface area contributed by atoms with E-state index >= 15 is 0 Å². The molecule has 0 fully saturated rings. The van der Waals surface area contributed by atoms with Gasteiger partial charge in [0.25, 0.3) is 0 Å². The fourth-order valence-corrected chi connectivity index (χ4v) is 2.69. The van der Waals surface area contributed by atoms with Gasteiger partial charge in [0.15, 0.2) is 11.6 Å². The van der Waals surface area contributed by atoms with E-state index in [1.807, 2.05) is 0 Å². The number of carbonyl (C=O) groups is 2. The number of hydrogen-bond donors (Lipinski definition) is 0. The maximum Gasteiger partial charge on any atom is 0.182 e. The van der Waals surface area contributed by atoms with Gasteiger partial charge in [0, 0.05) is 27.4 Å². The highest BCUT2D eigenvalue weighted by Crippen LogP contribution is 2.34. The van der Waals surface area contributed by atoms with Crippen molar-refractivity contribution in [3.8, 4) is 0 Å². The molecule has 0 spiro atoms. The molecule has 1 aliphatic carbocycles. The lowest BCUT2D eigenvalue weighted by atomic mass is 9.82. The van der Waals surface area contributed by atoms with Gasteiger partial charge in [-0.1, -0.05) is 24.3 Å². The third-order valence-electron chi connectivity index (χ3n) is 3.14. The first-order valence-electron chi connectivity index (χ1n) is 5.02. The zero-order chi connectivity index (χ0) is 12.8. The van der Waals surface area contributed by atoms with E-state index in [1.54, 1.807) is 12.1 Å². The van der Waals surface area contributed by atoms with E-state index in [4.69, 9.17) is 0 Å². The van der Waals surface area contributed by atoms with Crippen molar-refractivity contribution in [1.29, 1.82) is 0 Å². The maximum atomic E-state index is 12.2. The van der Waals surface area contributed by atoms with E-state index in [0.717, 1.165) is 0 Å². The summed E-state index contributed by atoms with van der Waals surface area (Å²) >= 11 is 0. The smallest absolute Gasteiger partial charge is 0.182 e. The Morgan fingerprint density at radius 1 is 1.18 bits per heavy atom. The van der Waals surface area contributed by atoms with Crippen molar-refractivity contribution in [3.05, 3.63) is 41.6 Å². The monoisotopic (exact) mass is 251 g/mol. The standard InChI is InChI=1S/C12H11O4S/c1-12(17(2,15)16)7-10(13)8-5-3-4-6-9(8)11(12)14/h3-6H,2,7H2,1H3/q-1. The third-order valence-corrected chi connectivity index (χ3v) is 4.84. The Hall–Kier alpha value is -1.49. The van der Waals surface area contributed by atoms with E-state index in [2.05, 4.69) is 6.26 Å². The summed E-state index contributed by atoms with van der Waals surface area (Å²) < 4.78 is 21.4. The van der Waals surface area contributed by atoms with Crippen LogP contribution in [0.2, 0.25) is 0 Å². The Morgan fingerprint density at radius 2 is 1.71 bits per heavy atom. The summed E-state index contributed by atoms with van der Waals surface area (Å²) in [4.78, 5) is 24.0. The minimum absolute atomic E-state index is 0.165. The molecular formula is C12H11O4S-. The second-order valence-electron chi connectivity index (χ2n) is 4.32. The molecule has 0 amide bonds. The average Bonchev–Trinajstić information content (AvgIpc) is 2.25. The lowest BCUT2D eigenvalue weighted by molar-refractivity contribution is 0.0852. The Balaban J connectivity index is 2.70. The van der Waals surface area contributed by atoms with Crippen LogP contribution in [0.5, 0.6) is 0 Å². The Bertz CT molecular complexity index is 615. The van der Waals surface area contributed by atoms with E-state index in [-0.39, 0.29) is 17.8 Å². The second kappa shape index (κ2) is 3.50. The molecule has 2 rings (SSSR count). The molecule has 1 aromatic rings. The van der Waals surface area contributed by atoms with E-state index in [1.165, 1.54) is 19.1 Å². The molecule has 1 aromatic carbocycles. The fraction of sp³-hybridized carbons (Fsp3) is 0.250. The van der Waals surface area contributed by atoms with E-state index in [9.17, 15) is 18.0 Å². The van der Waals surface area contributed by atoms with Crippen LogP contribution in [-0.4, -0.2) is 24.7 Å². The number of carbonyl (C=O) groups excluding carboxylic acids is 2. The number of rotatable bonds is 1. The summed E-state index contributed by atoms with van der Waals surface area (Å²) in [6.45, 7) is 1.26.